The van der Waals surface area contributed by atoms with Gasteiger partial charge in [-0.05, 0) is 24.6 Å². The van der Waals surface area contributed by atoms with Gasteiger partial charge in [0.25, 0.3) is 0 Å². The first-order chi connectivity index (χ1) is 10.1. The van der Waals surface area contributed by atoms with E-state index in [2.05, 4.69) is 33.9 Å². The Morgan fingerprint density at radius 1 is 1.18 bits per heavy atom. The fourth-order valence-corrected chi connectivity index (χ4v) is 5.43. The molecule has 2 saturated heterocycles. The predicted octanol–water partition coefficient (Wildman–Crippen LogP) is 2.64. The molecule has 1 unspecified atom stereocenters. The van der Waals surface area contributed by atoms with Crippen LogP contribution < -0.4 is 0 Å². The molecule has 0 radical (unpaired) electrons. The quantitative estimate of drug-likeness (QED) is 0.806. The van der Waals surface area contributed by atoms with E-state index < -0.39 is 20.2 Å². The van der Waals surface area contributed by atoms with Gasteiger partial charge >= 0.3 is 0 Å². The van der Waals surface area contributed by atoms with Gasteiger partial charge in [0, 0.05) is 25.9 Å². The van der Waals surface area contributed by atoms with Crippen LogP contribution in [0.15, 0.2) is 0 Å². The molecule has 0 spiro atoms. The van der Waals surface area contributed by atoms with Crippen molar-refractivity contribution in [3.05, 3.63) is 0 Å². The lowest BCUT2D eigenvalue weighted by Crippen LogP contribution is -2.60. The van der Waals surface area contributed by atoms with E-state index in [4.69, 9.17) is 18.6 Å². The summed E-state index contributed by atoms with van der Waals surface area (Å²) in [4.78, 5) is 0. The summed E-state index contributed by atoms with van der Waals surface area (Å²) in [7, 11) is -0.376. The molecule has 0 aromatic heterocycles. The third-order valence-electron chi connectivity index (χ3n) is 6.10. The van der Waals surface area contributed by atoms with E-state index in [1.807, 2.05) is 0 Å². The van der Waals surface area contributed by atoms with Gasteiger partial charge in [0.1, 0.15) is 5.60 Å². The van der Waals surface area contributed by atoms with Crippen molar-refractivity contribution >= 4 is 8.32 Å². The van der Waals surface area contributed by atoms with Crippen molar-refractivity contribution < 1.29 is 23.7 Å². The van der Waals surface area contributed by atoms with Crippen LogP contribution in [0.4, 0.5) is 0 Å². The van der Waals surface area contributed by atoms with Gasteiger partial charge < -0.3 is 23.7 Å². The summed E-state index contributed by atoms with van der Waals surface area (Å²) in [6, 6.07) is 0. The Hall–Kier alpha value is 0.0169. The van der Waals surface area contributed by atoms with E-state index in [1.165, 1.54) is 0 Å². The normalized spacial score (nSPS) is 45.1. The van der Waals surface area contributed by atoms with Crippen molar-refractivity contribution in [1.82, 2.24) is 0 Å². The van der Waals surface area contributed by atoms with Crippen molar-refractivity contribution in [2.45, 2.75) is 88.6 Å². The summed E-state index contributed by atoms with van der Waals surface area (Å²) in [5.74, 6) is 0.0746. The average Bonchev–Trinajstić information content (AvgIpc) is 2.89. The highest BCUT2D eigenvalue weighted by Gasteiger charge is 2.65. The highest BCUT2D eigenvalue weighted by Crippen LogP contribution is 2.55. The zero-order valence-electron chi connectivity index (χ0n) is 14.6. The number of ether oxygens (including phenoxy) is 3. The zero-order valence-corrected chi connectivity index (χ0v) is 15.6. The van der Waals surface area contributed by atoms with Crippen LogP contribution in [0.25, 0.3) is 0 Å². The molecule has 5 nitrogen and oxygen atoms in total. The fourth-order valence-electron chi connectivity index (χ4n) is 3.84. The van der Waals surface area contributed by atoms with Crippen molar-refractivity contribution in [3.8, 4) is 0 Å². The van der Waals surface area contributed by atoms with E-state index in [0.29, 0.717) is 12.8 Å². The second-order valence-electron chi connectivity index (χ2n) is 8.56. The minimum Gasteiger partial charge on any atom is -0.406 e. The molecule has 2 heterocycles. The fraction of sp³-hybridized carbons (Fsp3) is 1.00. The molecule has 0 amide bonds. The summed E-state index contributed by atoms with van der Waals surface area (Å²) in [6.45, 7) is 11.2. The summed E-state index contributed by atoms with van der Waals surface area (Å²) in [6.07, 6.45) is 1.14. The van der Waals surface area contributed by atoms with Gasteiger partial charge in [-0.25, -0.2) is 0 Å². The van der Waals surface area contributed by atoms with Crippen molar-refractivity contribution in [2.75, 3.05) is 7.11 Å². The molecule has 1 aliphatic carbocycles. The molecular formula is C16H30O5Si. The summed E-state index contributed by atoms with van der Waals surface area (Å²) in [5, 5.41) is 10.6. The van der Waals surface area contributed by atoms with Crippen molar-refractivity contribution in [2.24, 2.45) is 5.92 Å². The molecule has 3 fully saturated rings. The Morgan fingerprint density at radius 3 is 2.45 bits per heavy atom. The van der Waals surface area contributed by atoms with Crippen LogP contribution in [-0.2, 0) is 18.6 Å². The molecule has 6 atom stereocenters. The molecule has 1 N–H and O–H groups in total. The molecular weight excluding hydrogens is 300 g/mol. The van der Waals surface area contributed by atoms with Gasteiger partial charge in [0.05, 0.1) is 12.2 Å². The number of fused-ring (bicyclic) bond motifs is 4. The summed E-state index contributed by atoms with van der Waals surface area (Å²) in [5.41, 5.74) is -0.573. The van der Waals surface area contributed by atoms with Gasteiger partial charge in [-0.2, -0.15) is 0 Å². The Morgan fingerprint density at radius 2 is 1.86 bits per heavy atom. The Balaban J connectivity index is 1.94. The lowest BCUT2D eigenvalue weighted by molar-refractivity contribution is -0.265. The molecule has 2 bridgehead atoms. The molecule has 0 aromatic carbocycles. The topological polar surface area (TPSA) is 57.2 Å². The van der Waals surface area contributed by atoms with Crippen LogP contribution in [0, 0.1) is 5.92 Å². The number of methoxy groups -OCH3 is 1. The van der Waals surface area contributed by atoms with Gasteiger partial charge in [-0.3, -0.25) is 0 Å². The second kappa shape index (κ2) is 5.26. The Labute approximate surface area is 134 Å². The molecule has 3 rings (SSSR count). The lowest BCUT2D eigenvalue weighted by Gasteiger charge is -2.50. The van der Waals surface area contributed by atoms with E-state index in [1.54, 1.807) is 7.11 Å². The van der Waals surface area contributed by atoms with Gasteiger partial charge in [0.2, 0.25) is 0 Å². The van der Waals surface area contributed by atoms with Gasteiger partial charge in [0.15, 0.2) is 20.9 Å². The van der Waals surface area contributed by atoms with Gasteiger partial charge in [-0.15, -0.1) is 0 Å². The first-order valence-electron chi connectivity index (χ1n) is 8.31. The molecule has 0 aromatic rings. The van der Waals surface area contributed by atoms with E-state index in [-0.39, 0.29) is 29.5 Å². The molecule has 2 aliphatic heterocycles. The lowest BCUT2D eigenvalue weighted by atomic mass is 9.81. The first-order valence-corrected chi connectivity index (χ1v) is 11.2. The highest BCUT2D eigenvalue weighted by atomic mass is 28.4. The van der Waals surface area contributed by atoms with Gasteiger partial charge in [-0.1, -0.05) is 20.8 Å². The first kappa shape index (κ1) is 16.9. The summed E-state index contributed by atoms with van der Waals surface area (Å²) >= 11 is 0. The van der Waals surface area contributed by atoms with Crippen molar-refractivity contribution in [1.29, 1.82) is 0 Å². The minimum atomic E-state index is -2.03. The third kappa shape index (κ3) is 2.48. The maximum atomic E-state index is 10.5. The highest BCUT2D eigenvalue weighted by molar-refractivity contribution is 6.74. The van der Waals surface area contributed by atoms with E-state index >= 15 is 0 Å². The summed E-state index contributed by atoms with van der Waals surface area (Å²) < 4.78 is 24.3. The number of hydrogen-bond donors (Lipinski definition) is 1. The monoisotopic (exact) mass is 330 g/mol. The maximum absolute atomic E-state index is 10.5. The molecule has 1 saturated carbocycles. The standard InChI is InChI=1S/C16H30O5Si/c1-15(2,3)22(5,6)21-16-9-13(18-4)20-14(16)19-10-7-11(16)12(17)8-10/h10-14,17H,7-9H2,1-6H3/t10-,11+,12+,13?,14+,16-/m0/s1. The molecule has 3 aliphatic rings. The van der Waals surface area contributed by atoms with Crippen LogP contribution in [0.5, 0.6) is 0 Å². The number of aliphatic hydroxyl groups is 1. The molecule has 22 heavy (non-hydrogen) atoms. The number of hydrogen-bond acceptors (Lipinski definition) is 5. The maximum Gasteiger partial charge on any atom is 0.193 e. The van der Waals surface area contributed by atoms with Crippen LogP contribution in [0.2, 0.25) is 18.1 Å². The largest absolute Gasteiger partial charge is 0.406 e. The van der Waals surface area contributed by atoms with Crippen LogP contribution in [0.1, 0.15) is 40.0 Å². The number of rotatable bonds is 3. The van der Waals surface area contributed by atoms with E-state index in [0.717, 1.165) is 6.42 Å². The molecule has 6 heteroatoms. The predicted molar refractivity (Wildman–Crippen MR) is 84.9 cm³/mol. The number of aliphatic hydroxyl groups excluding tert-OH is 1. The molecule has 128 valence electrons. The minimum absolute atomic E-state index is 0.0746. The second-order valence-corrected chi connectivity index (χ2v) is 13.3. The van der Waals surface area contributed by atoms with Crippen LogP contribution >= 0.6 is 0 Å². The Kier molecular flexibility index (Phi) is 4.03. The zero-order chi connectivity index (χ0) is 16.3. The van der Waals surface area contributed by atoms with Crippen LogP contribution in [-0.4, -0.2) is 50.9 Å². The SMILES string of the molecule is COC1C[C@@]2(O[Si](C)(C)C(C)(C)C)[C@@H](O1)O[C@@H]1C[C@@H](O)[C@H]2C1. The van der Waals surface area contributed by atoms with E-state index in [9.17, 15) is 5.11 Å². The Bertz CT molecular complexity index is 435. The third-order valence-corrected chi connectivity index (χ3v) is 10.6. The van der Waals surface area contributed by atoms with Crippen LogP contribution in [0.3, 0.4) is 0 Å². The van der Waals surface area contributed by atoms with Crippen molar-refractivity contribution in [3.63, 3.8) is 0 Å². The average molecular weight is 330 g/mol. The smallest absolute Gasteiger partial charge is 0.193 e.